The van der Waals surface area contributed by atoms with Crippen LogP contribution in [-0.2, 0) is 16.1 Å². The summed E-state index contributed by atoms with van der Waals surface area (Å²) < 4.78 is 5.43. The molecule has 1 aliphatic rings. The molecule has 30 heavy (non-hydrogen) atoms. The van der Waals surface area contributed by atoms with Crippen molar-refractivity contribution in [3.63, 3.8) is 0 Å². The average Bonchev–Trinajstić information content (AvgIpc) is 2.75. The molecule has 2 atom stereocenters. The van der Waals surface area contributed by atoms with E-state index in [0.29, 0.717) is 12.6 Å². The lowest BCUT2D eigenvalue weighted by molar-refractivity contribution is -0.119. The zero-order valence-electron chi connectivity index (χ0n) is 18.7. The molecule has 1 fully saturated rings. The van der Waals surface area contributed by atoms with E-state index in [2.05, 4.69) is 34.7 Å². The summed E-state index contributed by atoms with van der Waals surface area (Å²) in [6.45, 7) is 14.0. The van der Waals surface area contributed by atoms with Crippen LogP contribution in [0.2, 0.25) is 0 Å². The fraction of sp³-hybridized carbons (Fsp3) is 0.636. The lowest BCUT2D eigenvalue weighted by Gasteiger charge is -2.32. The lowest BCUT2D eigenvalue weighted by atomic mass is 10.1. The van der Waals surface area contributed by atoms with Crippen molar-refractivity contribution in [1.29, 1.82) is 0 Å². The first kappa shape index (κ1) is 26.6. The molecule has 1 heterocycles. The Kier molecular flexibility index (Phi) is 13.0. The molecule has 2 unspecified atom stereocenters. The van der Waals surface area contributed by atoms with Gasteiger partial charge in [0, 0.05) is 43.8 Å². The molecule has 0 saturated carbocycles. The predicted octanol–water partition coefficient (Wildman–Crippen LogP) is 3.07. The van der Waals surface area contributed by atoms with Gasteiger partial charge in [-0.2, -0.15) is 0 Å². The number of halogens is 1. The van der Waals surface area contributed by atoms with E-state index in [0.717, 1.165) is 63.0 Å². The van der Waals surface area contributed by atoms with E-state index in [1.807, 2.05) is 38.1 Å². The normalized spacial score (nSPS) is 16.9. The maximum atomic E-state index is 12.1. The number of nitrogens with zero attached hydrogens (tertiary/aromatic N) is 2. The van der Waals surface area contributed by atoms with Crippen LogP contribution in [0.5, 0.6) is 0 Å². The summed E-state index contributed by atoms with van der Waals surface area (Å²) in [5, 5.41) is 9.74. The molecule has 1 saturated heterocycles. The van der Waals surface area contributed by atoms with Crippen molar-refractivity contribution in [2.24, 2.45) is 10.9 Å². The highest BCUT2D eigenvalue weighted by Crippen LogP contribution is 2.14. The molecule has 1 amide bonds. The Morgan fingerprint density at radius 2 is 1.93 bits per heavy atom. The van der Waals surface area contributed by atoms with Crippen molar-refractivity contribution in [2.75, 3.05) is 44.7 Å². The highest BCUT2D eigenvalue weighted by Gasteiger charge is 2.17. The van der Waals surface area contributed by atoms with Gasteiger partial charge in [-0.05, 0) is 38.0 Å². The van der Waals surface area contributed by atoms with E-state index in [9.17, 15) is 4.79 Å². The number of carbonyl (C=O) groups excluding carboxylic acids is 1. The van der Waals surface area contributed by atoms with Crippen LogP contribution in [-0.4, -0.2) is 62.2 Å². The van der Waals surface area contributed by atoms with Crippen LogP contribution in [0.1, 0.15) is 39.7 Å². The molecule has 0 spiro atoms. The van der Waals surface area contributed by atoms with E-state index < -0.39 is 0 Å². The molecule has 0 aromatic heterocycles. The molecular weight excluding hydrogens is 493 g/mol. The van der Waals surface area contributed by atoms with Crippen LogP contribution >= 0.6 is 24.0 Å². The molecule has 0 radical (unpaired) electrons. The minimum Gasteiger partial charge on any atom is -0.379 e. The first-order chi connectivity index (χ1) is 14.0. The fourth-order valence-electron chi connectivity index (χ4n) is 3.10. The minimum absolute atomic E-state index is 0. The zero-order valence-corrected chi connectivity index (χ0v) is 21.1. The molecule has 8 heteroatoms. The van der Waals surface area contributed by atoms with Crippen molar-refractivity contribution >= 4 is 41.5 Å². The van der Waals surface area contributed by atoms with E-state index in [4.69, 9.17) is 9.73 Å². The summed E-state index contributed by atoms with van der Waals surface area (Å²) in [5.74, 6) is 0.872. The third-order valence-electron chi connectivity index (χ3n) is 5.25. The summed E-state index contributed by atoms with van der Waals surface area (Å²) in [5.41, 5.74) is 1.88. The van der Waals surface area contributed by atoms with Gasteiger partial charge in [0.15, 0.2) is 5.96 Å². The molecule has 7 nitrogen and oxygen atoms in total. The van der Waals surface area contributed by atoms with Crippen molar-refractivity contribution < 1.29 is 9.53 Å². The number of hydrogen-bond donors (Lipinski definition) is 3. The first-order valence-electron chi connectivity index (χ1n) is 10.8. The summed E-state index contributed by atoms with van der Waals surface area (Å²) >= 11 is 0. The van der Waals surface area contributed by atoms with Crippen LogP contribution < -0.4 is 16.0 Å². The molecule has 2 rings (SSSR count). The number of benzene rings is 1. The number of nitrogens with one attached hydrogen (secondary N) is 3. The molecule has 3 N–H and O–H groups in total. The second kappa shape index (κ2) is 14.6. The number of anilines is 1. The molecular formula is C22H38IN5O2. The third-order valence-corrected chi connectivity index (χ3v) is 5.25. The quantitative estimate of drug-likeness (QED) is 0.260. The van der Waals surface area contributed by atoms with Crippen molar-refractivity contribution in [3.05, 3.63) is 29.8 Å². The van der Waals surface area contributed by atoms with Crippen LogP contribution in [0.15, 0.2) is 29.3 Å². The number of ether oxygens (including phenoxy) is 1. The first-order valence-corrected chi connectivity index (χ1v) is 10.8. The lowest BCUT2D eigenvalue weighted by Crippen LogP contribution is -2.49. The second-order valence-electron chi connectivity index (χ2n) is 7.57. The number of rotatable bonds is 9. The number of carbonyl (C=O) groups is 1. The smallest absolute Gasteiger partial charge is 0.227 e. The van der Waals surface area contributed by atoms with Gasteiger partial charge in [-0.3, -0.25) is 9.69 Å². The second-order valence-corrected chi connectivity index (χ2v) is 7.57. The Balaban J connectivity index is 0.00000450. The Morgan fingerprint density at radius 1 is 1.20 bits per heavy atom. The molecule has 0 aliphatic carbocycles. The Bertz CT molecular complexity index is 665. The van der Waals surface area contributed by atoms with Gasteiger partial charge in [0.25, 0.3) is 0 Å². The van der Waals surface area contributed by atoms with E-state index in [1.165, 1.54) is 0 Å². The highest BCUT2D eigenvalue weighted by atomic mass is 127. The minimum atomic E-state index is 0. The SMILES string of the molecule is CCNC(=NCc1cccc(NC(=O)C(C)CC)c1)NCC(C)N1CCOCC1.I. The van der Waals surface area contributed by atoms with Crippen LogP contribution in [0, 0.1) is 5.92 Å². The Labute approximate surface area is 198 Å². The van der Waals surface area contributed by atoms with E-state index in [-0.39, 0.29) is 35.8 Å². The van der Waals surface area contributed by atoms with Crippen LogP contribution in [0.4, 0.5) is 5.69 Å². The zero-order chi connectivity index (χ0) is 21.1. The van der Waals surface area contributed by atoms with Gasteiger partial charge in [-0.25, -0.2) is 4.99 Å². The monoisotopic (exact) mass is 531 g/mol. The Hall–Kier alpha value is -1.39. The third kappa shape index (κ3) is 9.18. The van der Waals surface area contributed by atoms with Gasteiger partial charge in [0.05, 0.1) is 19.8 Å². The summed E-state index contributed by atoms with van der Waals surface area (Å²) in [7, 11) is 0. The molecule has 1 aliphatic heterocycles. The summed E-state index contributed by atoms with van der Waals surface area (Å²) in [6, 6.07) is 8.31. The van der Waals surface area contributed by atoms with Gasteiger partial charge in [0.2, 0.25) is 5.91 Å². The number of hydrogen-bond acceptors (Lipinski definition) is 4. The van der Waals surface area contributed by atoms with Crippen molar-refractivity contribution in [3.8, 4) is 0 Å². The number of amides is 1. The van der Waals surface area contributed by atoms with Crippen molar-refractivity contribution in [2.45, 2.75) is 46.7 Å². The maximum absolute atomic E-state index is 12.1. The van der Waals surface area contributed by atoms with E-state index >= 15 is 0 Å². The molecule has 170 valence electrons. The Morgan fingerprint density at radius 3 is 2.60 bits per heavy atom. The average molecular weight is 531 g/mol. The summed E-state index contributed by atoms with van der Waals surface area (Å²) in [4.78, 5) is 19.3. The molecule has 0 bridgehead atoms. The molecule has 1 aromatic rings. The number of morpholine rings is 1. The van der Waals surface area contributed by atoms with Gasteiger partial charge in [0.1, 0.15) is 0 Å². The highest BCUT2D eigenvalue weighted by molar-refractivity contribution is 14.0. The summed E-state index contributed by atoms with van der Waals surface area (Å²) in [6.07, 6.45) is 0.830. The van der Waals surface area contributed by atoms with Gasteiger partial charge < -0.3 is 20.7 Å². The molecule has 1 aromatic carbocycles. The van der Waals surface area contributed by atoms with Gasteiger partial charge in [-0.1, -0.05) is 26.0 Å². The fourth-order valence-corrected chi connectivity index (χ4v) is 3.10. The van der Waals surface area contributed by atoms with Crippen LogP contribution in [0.3, 0.4) is 0 Å². The van der Waals surface area contributed by atoms with Gasteiger partial charge in [-0.15, -0.1) is 24.0 Å². The maximum Gasteiger partial charge on any atom is 0.227 e. The predicted molar refractivity (Wildman–Crippen MR) is 135 cm³/mol. The van der Waals surface area contributed by atoms with E-state index in [1.54, 1.807) is 0 Å². The largest absolute Gasteiger partial charge is 0.379 e. The van der Waals surface area contributed by atoms with Gasteiger partial charge >= 0.3 is 0 Å². The topological polar surface area (TPSA) is 78.0 Å². The van der Waals surface area contributed by atoms with Crippen molar-refractivity contribution in [1.82, 2.24) is 15.5 Å². The van der Waals surface area contributed by atoms with Crippen LogP contribution in [0.25, 0.3) is 0 Å². The number of guanidine groups is 1. The number of aliphatic imine (C=N–C) groups is 1. The standard InChI is InChI=1S/C22H37N5O2.HI/c1-5-17(3)21(28)26-20-9-7-8-19(14-20)16-25-22(23-6-2)24-15-18(4)27-10-12-29-13-11-27;/h7-9,14,17-18H,5-6,10-13,15-16H2,1-4H3,(H,26,28)(H2,23,24,25);1H.